The third-order valence-corrected chi connectivity index (χ3v) is 1.99. The van der Waals surface area contributed by atoms with E-state index in [9.17, 15) is 22.4 Å². The molecule has 0 aliphatic carbocycles. The van der Waals surface area contributed by atoms with E-state index in [1.807, 2.05) is 0 Å². The Morgan fingerprint density at radius 3 is 2.44 bits per heavy atom. The second-order valence-corrected chi connectivity index (χ2v) is 3.19. The normalized spacial score (nSPS) is 11.5. The number of alkyl halides is 3. The molecule has 0 aliphatic rings. The first-order valence-corrected chi connectivity index (χ1v) is 4.38. The van der Waals surface area contributed by atoms with Crippen molar-refractivity contribution >= 4 is 5.97 Å². The molecule has 0 fully saturated rings. The van der Waals surface area contributed by atoms with Gasteiger partial charge in [-0.05, 0) is 24.1 Å². The summed E-state index contributed by atoms with van der Waals surface area (Å²) in [7, 11) is 0. The Morgan fingerprint density at radius 1 is 1.31 bits per heavy atom. The van der Waals surface area contributed by atoms with Gasteiger partial charge in [0.05, 0.1) is 5.56 Å². The number of carboxylic acids is 1. The van der Waals surface area contributed by atoms with E-state index in [1.165, 1.54) is 0 Å². The summed E-state index contributed by atoms with van der Waals surface area (Å²) in [4.78, 5) is 10.2. The first kappa shape index (κ1) is 12.5. The van der Waals surface area contributed by atoms with E-state index in [1.54, 1.807) is 0 Å². The molecule has 16 heavy (non-hydrogen) atoms. The summed E-state index contributed by atoms with van der Waals surface area (Å²) in [6.45, 7) is 0. The molecule has 88 valence electrons. The summed E-state index contributed by atoms with van der Waals surface area (Å²) in [5.41, 5.74) is -1.33. The van der Waals surface area contributed by atoms with Crippen LogP contribution < -0.4 is 0 Å². The lowest BCUT2D eigenvalue weighted by atomic mass is 10.0. The lowest BCUT2D eigenvalue weighted by molar-refractivity contribution is -0.140. The van der Waals surface area contributed by atoms with Crippen LogP contribution in [0, 0.1) is 5.82 Å². The standard InChI is InChI=1S/C10H8F4O2/c11-7-3-1-6(2-4-9(15)16)8(5-7)10(12,13)14/h1,3,5H,2,4H2,(H,15,16). The van der Waals surface area contributed by atoms with Gasteiger partial charge in [0.15, 0.2) is 0 Å². The molecule has 1 aromatic carbocycles. The van der Waals surface area contributed by atoms with Gasteiger partial charge in [0, 0.05) is 6.42 Å². The van der Waals surface area contributed by atoms with Gasteiger partial charge >= 0.3 is 12.1 Å². The average molecular weight is 236 g/mol. The van der Waals surface area contributed by atoms with E-state index in [0.29, 0.717) is 6.07 Å². The number of hydrogen-bond donors (Lipinski definition) is 1. The molecule has 0 radical (unpaired) electrons. The quantitative estimate of drug-likeness (QED) is 0.819. The fraction of sp³-hybridized carbons (Fsp3) is 0.300. The molecule has 0 amide bonds. The number of aliphatic carboxylic acids is 1. The highest BCUT2D eigenvalue weighted by molar-refractivity contribution is 5.67. The summed E-state index contributed by atoms with van der Waals surface area (Å²) in [6.07, 6.45) is -5.37. The minimum absolute atomic E-state index is 0.212. The van der Waals surface area contributed by atoms with Crippen molar-refractivity contribution in [3.63, 3.8) is 0 Å². The van der Waals surface area contributed by atoms with E-state index in [4.69, 9.17) is 5.11 Å². The minimum Gasteiger partial charge on any atom is -0.481 e. The Bertz CT molecular complexity index is 398. The van der Waals surface area contributed by atoms with Crippen LogP contribution >= 0.6 is 0 Å². The number of aryl methyl sites for hydroxylation is 1. The molecule has 0 aromatic heterocycles. The molecule has 0 saturated heterocycles. The highest BCUT2D eigenvalue weighted by Gasteiger charge is 2.33. The number of hydrogen-bond acceptors (Lipinski definition) is 1. The molecule has 0 bridgehead atoms. The van der Waals surface area contributed by atoms with Crippen molar-refractivity contribution in [1.82, 2.24) is 0 Å². The van der Waals surface area contributed by atoms with Crippen LogP contribution in [-0.2, 0) is 17.4 Å². The molecule has 6 heteroatoms. The zero-order valence-electron chi connectivity index (χ0n) is 8.01. The summed E-state index contributed by atoms with van der Waals surface area (Å²) >= 11 is 0. The summed E-state index contributed by atoms with van der Waals surface area (Å²) in [6, 6.07) is 2.21. The lowest BCUT2D eigenvalue weighted by Crippen LogP contribution is -2.11. The van der Waals surface area contributed by atoms with Gasteiger partial charge < -0.3 is 5.11 Å². The van der Waals surface area contributed by atoms with Gasteiger partial charge in [0.2, 0.25) is 0 Å². The molecular formula is C10H8F4O2. The molecule has 0 heterocycles. The van der Waals surface area contributed by atoms with Crippen molar-refractivity contribution in [3.05, 3.63) is 35.1 Å². The van der Waals surface area contributed by atoms with E-state index >= 15 is 0 Å². The van der Waals surface area contributed by atoms with Gasteiger partial charge in [-0.3, -0.25) is 4.79 Å². The SMILES string of the molecule is O=C(O)CCc1ccc(F)cc1C(F)(F)F. The summed E-state index contributed by atoms with van der Waals surface area (Å²) in [5, 5.41) is 8.37. The monoisotopic (exact) mass is 236 g/mol. The highest BCUT2D eigenvalue weighted by atomic mass is 19.4. The molecule has 0 aliphatic heterocycles. The van der Waals surface area contributed by atoms with Crippen LogP contribution in [0.5, 0.6) is 0 Å². The Kier molecular flexibility index (Phi) is 3.51. The second-order valence-electron chi connectivity index (χ2n) is 3.19. The molecule has 0 saturated carbocycles. The number of rotatable bonds is 3. The van der Waals surface area contributed by atoms with E-state index in [2.05, 4.69) is 0 Å². The van der Waals surface area contributed by atoms with Crippen LogP contribution in [0.4, 0.5) is 17.6 Å². The van der Waals surface area contributed by atoms with Crippen molar-refractivity contribution in [1.29, 1.82) is 0 Å². The fourth-order valence-electron chi connectivity index (χ4n) is 1.27. The van der Waals surface area contributed by atoms with Crippen molar-refractivity contribution in [2.24, 2.45) is 0 Å². The molecule has 0 unspecified atom stereocenters. The Balaban J connectivity index is 3.03. The Hall–Kier alpha value is -1.59. The van der Waals surface area contributed by atoms with E-state index < -0.39 is 29.9 Å². The smallest absolute Gasteiger partial charge is 0.416 e. The van der Waals surface area contributed by atoms with Crippen molar-refractivity contribution in [3.8, 4) is 0 Å². The predicted octanol–water partition coefficient (Wildman–Crippen LogP) is 2.86. The molecule has 1 aromatic rings. The van der Waals surface area contributed by atoms with Crippen LogP contribution in [-0.4, -0.2) is 11.1 Å². The number of carbonyl (C=O) groups is 1. The van der Waals surface area contributed by atoms with Crippen molar-refractivity contribution in [2.45, 2.75) is 19.0 Å². The summed E-state index contributed by atoms with van der Waals surface area (Å²) in [5.74, 6) is -2.19. The van der Waals surface area contributed by atoms with Crippen LogP contribution in [0.15, 0.2) is 18.2 Å². The van der Waals surface area contributed by atoms with Crippen LogP contribution in [0.25, 0.3) is 0 Å². The first-order chi connectivity index (χ1) is 7.30. The maximum Gasteiger partial charge on any atom is 0.416 e. The van der Waals surface area contributed by atoms with Gasteiger partial charge in [0.1, 0.15) is 5.82 Å². The molecule has 0 atom stereocenters. The van der Waals surface area contributed by atoms with Crippen LogP contribution in [0.1, 0.15) is 17.5 Å². The van der Waals surface area contributed by atoms with Gasteiger partial charge in [0.25, 0.3) is 0 Å². The molecule has 0 spiro atoms. The maximum absolute atomic E-state index is 12.7. The average Bonchev–Trinajstić information content (AvgIpc) is 2.14. The van der Waals surface area contributed by atoms with E-state index in [-0.39, 0.29) is 12.0 Å². The zero-order chi connectivity index (χ0) is 12.3. The summed E-state index contributed by atoms with van der Waals surface area (Å²) < 4.78 is 50.0. The number of carboxylic acid groups (broad SMARTS) is 1. The molecular weight excluding hydrogens is 228 g/mol. The lowest BCUT2D eigenvalue weighted by Gasteiger charge is -2.12. The molecule has 1 rings (SSSR count). The Labute approximate surface area is 88.5 Å². The van der Waals surface area contributed by atoms with Gasteiger partial charge in [-0.15, -0.1) is 0 Å². The predicted molar refractivity (Wildman–Crippen MR) is 47.4 cm³/mol. The van der Waals surface area contributed by atoms with E-state index in [0.717, 1.165) is 12.1 Å². The minimum atomic E-state index is -4.67. The zero-order valence-corrected chi connectivity index (χ0v) is 8.01. The maximum atomic E-state index is 12.7. The first-order valence-electron chi connectivity index (χ1n) is 4.38. The van der Waals surface area contributed by atoms with Crippen LogP contribution in [0.2, 0.25) is 0 Å². The highest BCUT2D eigenvalue weighted by Crippen LogP contribution is 2.33. The topological polar surface area (TPSA) is 37.3 Å². The number of halogens is 4. The number of benzene rings is 1. The second kappa shape index (κ2) is 4.51. The molecule has 1 N–H and O–H groups in total. The van der Waals surface area contributed by atoms with Crippen molar-refractivity contribution < 1.29 is 27.5 Å². The van der Waals surface area contributed by atoms with Gasteiger partial charge in [-0.25, -0.2) is 4.39 Å². The van der Waals surface area contributed by atoms with Gasteiger partial charge in [-0.1, -0.05) is 6.07 Å². The third kappa shape index (κ3) is 3.22. The Morgan fingerprint density at radius 2 is 1.94 bits per heavy atom. The fourth-order valence-corrected chi connectivity index (χ4v) is 1.27. The van der Waals surface area contributed by atoms with Crippen molar-refractivity contribution in [2.75, 3.05) is 0 Å². The third-order valence-electron chi connectivity index (χ3n) is 1.99. The largest absolute Gasteiger partial charge is 0.481 e. The van der Waals surface area contributed by atoms with Crippen LogP contribution in [0.3, 0.4) is 0 Å². The van der Waals surface area contributed by atoms with Gasteiger partial charge in [-0.2, -0.15) is 13.2 Å². The molecule has 2 nitrogen and oxygen atoms in total.